The van der Waals surface area contributed by atoms with Crippen molar-refractivity contribution in [1.82, 2.24) is 9.21 Å². The van der Waals surface area contributed by atoms with E-state index in [4.69, 9.17) is 4.74 Å². The molecule has 0 bridgehead atoms. The molecule has 0 unspecified atom stereocenters. The van der Waals surface area contributed by atoms with Crippen LogP contribution in [0.1, 0.15) is 31.2 Å². The lowest BCUT2D eigenvalue weighted by Gasteiger charge is -2.41. The normalized spacial score (nSPS) is 20.3. The first-order valence-electron chi connectivity index (χ1n) is 10.7. The van der Waals surface area contributed by atoms with Gasteiger partial charge >= 0.3 is 0 Å². The predicted octanol–water partition coefficient (Wildman–Crippen LogP) is 3.83. The van der Waals surface area contributed by atoms with Crippen LogP contribution in [0.25, 0.3) is 0 Å². The van der Waals surface area contributed by atoms with Gasteiger partial charge in [-0.1, -0.05) is 29.8 Å². The van der Waals surface area contributed by atoms with Gasteiger partial charge in [-0.25, -0.2) is 12.8 Å². The van der Waals surface area contributed by atoms with Gasteiger partial charge in [0.1, 0.15) is 6.10 Å². The minimum absolute atomic E-state index is 0.0279. The zero-order chi connectivity index (χ0) is 21.1. The molecule has 2 heterocycles. The highest BCUT2D eigenvalue weighted by Gasteiger charge is 2.33. The van der Waals surface area contributed by atoms with E-state index in [1.807, 2.05) is 19.1 Å². The number of hydrogen-bond donors (Lipinski definition) is 0. The second-order valence-corrected chi connectivity index (χ2v) is 10.2. The molecule has 2 aliphatic heterocycles. The van der Waals surface area contributed by atoms with E-state index in [0.717, 1.165) is 44.3 Å². The Bertz CT molecular complexity index is 949. The summed E-state index contributed by atoms with van der Waals surface area (Å²) in [5.41, 5.74) is 1.05. The van der Waals surface area contributed by atoms with Crippen LogP contribution in [-0.4, -0.2) is 55.9 Å². The van der Waals surface area contributed by atoms with Crippen molar-refractivity contribution in [2.45, 2.75) is 49.6 Å². The molecular weight excluding hydrogens is 403 g/mol. The summed E-state index contributed by atoms with van der Waals surface area (Å²) in [6.07, 6.45) is 3.42. The van der Waals surface area contributed by atoms with Crippen LogP contribution in [0.15, 0.2) is 53.4 Å². The number of ether oxygens (including phenoxy) is 1. The van der Waals surface area contributed by atoms with Gasteiger partial charge in [-0.3, -0.25) is 0 Å². The van der Waals surface area contributed by atoms with Gasteiger partial charge in [0.15, 0.2) is 11.6 Å². The molecule has 162 valence electrons. The highest BCUT2D eigenvalue weighted by Crippen LogP contribution is 2.27. The maximum atomic E-state index is 13.8. The van der Waals surface area contributed by atoms with Crippen molar-refractivity contribution < 1.29 is 17.5 Å². The van der Waals surface area contributed by atoms with Gasteiger partial charge in [0, 0.05) is 32.2 Å². The first-order chi connectivity index (χ1) is 14.4. The molecule has 7 heteroatoms. The molecule has 0 amide bonds. The Morgan fingerprint density at radius 1 is 0.900 bits per heavy atom. The van der Waals surface area contributed by atoms with Gasteiger partial charge in [-0.2, -0.15) is 4.31 Å². The zero-order valence-electron chi connectivity index (χ0n) is 17.3. The van der Waals surface area contributed by atoms with Gasteiger partial charge in [0.05, 0.1) is 4.90 Å². The predicted molar refractivity (Wildman–Crippen MR) is 115 cm³/mol. The summed E-state index contributed by atoms with van der Waals surface area (Å²) in [7, 11) is -3.42. The highest BCUT2D eigenvalue weighted by molar-refractivity contribution is 7.89. The van der Waals surface area contributed by atoms with Crippen LogP contribution >= 0.6 is 0 Å². The Morgan fingerprint density at radius 3 is 2.17 bits per heavy atom. The van der Waals surface area contributed by atoms with Crippen LogP contribution in [-0.2, 0) is 10.0 Å². The first-order valence-corrected chi connectivity index (χ1v) is 12.1. The SMILES string of the molecule is Cc1ccc(S(=O)(=O)N2CCC(N3CCC(Oc4ccccc4F)CC3)CC2)cc1. The Hall–Kier alpha value is -1.96. The average molecular weight is 433 g/mol. The van der Waals surface area contributed by atoms with Crippen LogP contribution in [0.5, 0.6) is 5.75 Å². The van der Waals surface area contributed by atoms with Crippen LogP contribution in [0, 0.1) is 12.7 Å². The Morgan fingerprint density at radius 2 is 1.53 bits per heavy atom. The summed E-state index contributed by atoms with van der Waals surface area (Å²) >= 11 is 0. The lowest BCUT2D eigenvalue weighted by Crippen LogP contribution is -2.50. The topological polar surface area (TPSA) is 49.9 Å². The molecule has 2 aromatic rings. The quantitative estimate of drug-likeness (QED) is 0.721. The molecule has 2 fully saturated rings. The van der Waals surface area contributed by atoms with E-state index in [9.17, 15) is 12.8 Å². The van der Waals surface area contributed by atoms with Crippen molar-refractivity contribution in [1.29, 1.82) is 0 Å². The van der Waals surface area contributed by atoms with Gasteiger partial charge in [-0.15, -0.1) is 0 Å². The fourth-order valence-electron chi connectivity index (χ4n) is 4.39. The van der Waals surface area contributed by atoms with Crippen LogP contribution in [0.3, 0.4) is 0 Å². The fourth-order valence-corrected chi connectivity index (χ4v) is 5.86. The van der Waals surface area contributed by atoms with E-state index >= 15 is 0 Å². The smallest absolute Gasteiger partial charge is 0.243 e. The summed E-state index contributed by atoms with van der Waals surface area (Å²) in [6, 6.07) is 14.0. The zero-order valence-corrected chi connectivity index (χ0v) is 18.2. The second-order valence-electron chi connectivity index (χ2n) is 8.23. The molecule has 0 spiro atoms. The molecule has 0 atom stereocenters. The molecule has 0 aromatic heterocycles. The van der Waals surface area contributed by atoms with Gasteiger partial charge in [0.25, 0.3) is 0 Å². The van der Waals surface area contributed by atoms with E-state index in [2.05, 4.69) is 4.90 Å². The number of para-hydroxylation sites is 1. The molecule has 2 aliphatic rings. The third-order valence-corrected chi connectivity index (χ3v) is 8.12. The standard InChI is InChI=1S/C23H29FN2O3S/c1-18-6-8-21(9-7-18)30(27,28)26-16-10-19(11-17-26)25-14-12-20(13-15-25)29-23-5-3-2-4-22(23)24/h2-9,19-20H,10-17H2,1H3. The third-order valence-electron chi connectivity index (χ3n) is 6.21. The number of aryl methyl sites for hydroxylation is 1. The summed E-state index contributed by atoms with van der Waals surface area (Å²) in [5, 5.41) is 0. The van der Waals surface area contributed by atoms with E-state index in [-0.39, 0.29) is 11.9 Å². The van der Waals surface area contributed by atoms with Gasteiger partial charge in [0.2, 0.25) is 10.0 Å². The van der Waals surface area contributed by atoms with Crippen LogP contribution in [0.4, 0.5) is 4.39 Å². The summed E-state index contributed by atoms with van der Waals surface area (Å²) in [5.74, 6) is 0.00709. The number of likely N-dealkylation sites (tertiary alicyclic amines) is 1. The van der Waals surface area contributed by atoms with Crippen LogP contribution in [0.2, 0.25) is 0 Å². The lowest BCUT2D eigenvalue weighted by molar-refractivity contribution is 0.0568. The average Bonchev–Trinajstić information content (AvgIpc) is 2.76. The molecule has 5 nitrogen and oxygen atoms in total. The van der Waals surface area contributed by atoms with Crippen molar-refractivity contribution in [3.63, 3.8) is 0 Å². The molecule has 0 radical (unpaired) electrons. The Kier molecular flexibility index (Phi) is 6.41. The molecule has 0 saturated carbocycles. The molecule has 4 rings (SSSR count). The lowest BCUT2D eigenvalue weighted by atomic mass is 10.00. The van der Waals surface area contributed by atoms with Crippen molar-refractivity contribution in [2.75, 3.05) is 26.2 Å². The van der Waals surface area contributed by atoms with Gasteiger partial charge < -0.3 is 9.64 Å². The first kappa shape index (κ1) is 21.3. The van der Waals surface area contributed by atoms with Crippen LogP contribution < -0.4 is 4.74 Å². The van der Waals surface area contributed by atoms with E-state index in [1.165, 1.54) is 6.07 Å². The van der Waals surface area contributed by atoms with Crippen molar-refractivity contribution in [3.8, 4) is 5.75 Å². The summed E-state index contributed by atoms with van der Waals surface area (Å²) in [4.78, 5) is 2.81. The van der Waals surface area contributed by atoms with Crippen molar-refractivity contribution in [2.24, 2.45) is 0 Å². The molecule has 0 N–H and O–H groups in total. The monoisotopic (exact) mass is 432 g/mol. The third kappa shape index (κ3) is 4.68. The number of benzene rings is 2. The number of sulfonamides is 1. The van der Waals surface area contributed by atoms with E-state index < -0.39 is 10.0 Å². The van der Waals surface area contributed by atoms with Crippen molar-refractivity contribution in [3.05, 3.63) is 59.9 Å². The number of hydrogen-bond acceptors (Lipinski definition) is 4. The number of halogens is 1. The van der Waals surface area contributed by atoms with E-state index in [0.29, 0.717) is 29.8 Å². The van der Waals surface area contributed by atoms with Gasteiger partial charge in [-0.05, 0) is 56.9 Å². The van der Waals surface area contributed by atoms with E-state index in [1.54, 1.807) is 34.6 Å². The highest BCUT2D eigenvalue weighted by atomic mass is 32.2. The molecule has 0 aliphatic carbocycles. The minimum Gasteiger partial charge on any atom is -0.487 e. The molecule has 30 heavy (non-hydrogen) atoms. The molecular formula is C23H29FN2O3S. The maximum absolute atomic E-state index is 13.8. The molecule has 2 aromatic carbocycles. The maximum Gasteiger partial charge on any atom is 0.243 e. The minimum atomic E-state index is -3.42. The molecule has 2 saturated heterocycles. The Balaban J connectivity index is 1.28. The second kappa shape index (κ2) is 9.04. The largest absolute Gasteiger partial charge is 0.487 e. The fraction of sp³-hybridized carbons (Fsp3) is 0.478. The number of rotatable bonds is 5. The summed E-state index contributed by atoms with van der Waals surface area (Å²) in [6.45, 7) is 4.84. The number of piperidine rings is 2. The van der Waals surface area contributed by atoms with Crippen molar-refractivity contribution >= 4 is 10.0 Å². The Labute approximate surface area is 178 Å². The summed E-state index contributed by atoms with van der Waals surface area (Å²) < 4.78 is 47.0. The number of nitrogens with zero attached hydrogens (tertiary/aromatic N) is 2.